The summed E-state index contributed by atoms with van der Waals surface area (Å²) >= 11 is 1.78. The van der Waals surface area contributed by atoms with Crippen LogP contribution in [-0.2, 0) is 0 Å². The first-order chi connectivity index (χ1) is 7.01. The van der Waals surface area contributed by atoms with Crippen LogP contribution < -0.4 is 0 Å². The Balaban J connectivity index is 2.57. The second kappa shape index (κ2) is 5.41. The van der Waals surface area contributed by atoms with Gasteiger partial charge in [0.15, 0.2) is 0 Å². The van der Waals surface area contributed by atoms with Crippen molar-refractivity contribution < 1.29 is 0 Å². The molecule has 1 aromatic carbocycles. The van der Waals surface area contributed by atoms with Gasteiger partial charge in [-0.05, 0) is 35.8 Å². The largest absolute Gasteiger partial charge is 0.130 e. The number of allylic oxidation sites excluding steroid dienone is 1. The van der Waals surface area contributed by atoms with E-state index in [0.29, 0.717) is 5.41 Å². The second-order valence-corrected chi connectivity index (χ2v) is 5.82. The van der Waals surface area contributed by atoms with Gasteiger partial charge in [-0.1, -0.05) is 45.1 Å². The highest BCUT2D eigenvalue weighted by molar-refractivity contribution is 7.98. The average molecular weight is 220 g/mol. The summed E-state index contributed by atoms with van der Waals surface area (Å²) in [5.74, 6) is 0. The molecule has 0 atom stereocenters. The van der Waals surface area contributed by atoms with E-state index >= 15 is 0 Å². The number of benzene rings is 1. The molecule has 0 aliphatic rings. The minimum Gasteiger partial charge on any atom is -0.130 e. The van der Waals surface area contributed by atoms with Gasteiger partial charge in [0, 0.05) is 4.90 Å². The maximum atomic E-state index is 2.26. The molecule has 0 radical (unpaired) electrons. The predicted molar refractivity (Wildman–Crippen MR) is 71.3 cm³/mol. The molecule has 15 heavy (non-hydrogen) atoms. The molecule has 0 heterocycles. The summed E-state index contributed by atoms with van der Waals surface area (Å²) in [6, 6.07) is 8.68. The Morgan fingerprint density at radius 1 is 1.13 bits per heavy atom. The van der Waals surface area contributed by atoms with Gasteiger partial charge in [0.25, 0.3) is 0 Å². The van der Waals surface area contributed by atoms with Gasteiger partial charge < -0.3 is 0 Å². The molecule has 1 rings (SSSR count). The molecular weight excluding hydrogens is 200 g/mol. The summed E-state index contributed by atoms with van der Waals surface area (Å²) < 4.78 is 0. The molecule has 0 bridgehead atoms. The molecule has 82 valence electrons. The van der Waals surface area contributed by atoms with E-state index in [1.807, 2.05) is 0 Å². The monoisotopic (exact) mass is 220 g/mol. The summed E-state index contributed by atoms with van der Waals surface area (Å²) in [4.78, 5) is 1.32. The molecule has 0 N–H and O–H groups in total. The number of rotatable bonds is 3. The Labute approximate surface area is 97.8 Å². The summed E-state index contributed by atoms with van der Waals surface area (Å²) in [7, 11) is 0. The van der Waals surface area contributed by atoms with Gasteiger partial charge in [0.2, 0.25) is 0 Å². The third-order valence-corrected chi connectivity index (χ3v) is 2.90. The van der Waals surface area contributed by atoms with E-state index in [9.17, 15) is 0 Å². The third kappa shape index (κ3) is 5.08. The minimum atomic E-state index is 0.385. The fourth-order valence-electron chi connectivity index (χ4n) is 1.26. The molecule has 0 aromatic heterocycles. The third-order valence-electron chi connectivity index (χ3n) is 2.16. The van der Waals surface area contributed by atoms with Crippen LogP contribution in [0.3, 0.4) is 0 Å². The molecule has 1 aromatic rings. The fraction of sp³-hybridized carbons (Fsp3) is 0.429. The van der Waals surface area contributed by atoms with Crippen molar-refractivity contribution >= 4 is 17.8 Å². The standard InChI is InChI=1S/C14H20S/c1-14(2,3)11-5-6-12-7-9-13(15-4)10-8-12/h5-10H,11H2,1-4H3/b6-5+. The number of hydrogen-bond acceptors (Lipinski definition) is 1. The van der Waals surface area contributed by atoms with E-state index in [2.05, 4.69) is 63.4 Å². The van der Waals surface area contributed by atoms with Crippen molar-refractivity contribution in [2.24, 2.45) is 5.41 Å². The van der Waals surface area contributed by atoms with E-state index in [-0.39, 0.29) is 0 Å². The lowest BCUT2D eigenvalue weighted by atomic mass is 9.92. The Kier molecular flexibility index (Phi) is 4.46. The van der Waals surface area contributed by atoms with Crippen molar-refractivity contribution in [1.29, 1.82) is 0 Å². The van der Waals surface area contributed by atoms with Crippen molar-refractivity contribution in [2.45, 2.75) is 32.1 Å². The number of thioether (sulfide) groups is 1. The van der Waals surface area contributed by atoms with Gasteiger partial charge in [-0.3, -0.25) is 0 Å². The molecule has 0 saturated carbocycles. The molecule has 0 unspecified atom stereocenters. The van der Waals surface area contributed by atoms with Gasteiger partial charge >= 0.3 is 0 Å². The molecule has 0 spiro atoms. The average Bonchev–Trinajstić information content (AvgIpc) is 2.17. The highest BCUT2D eigenvalue weighted by Gasteiger charge is 2.06. The van der Waals surface area contributed by atoms with Crippen LogP contribution in [0.2, 0.25) is 0 Å². The molecule has 1 heteroatoms. The van der Waals surface area contributed by atoms with Crippen LogP contribution in [0.25, 0.3) is 6.08 Å². The van der Waals surface area contributed by atoms with Crippen molar-refractivity contribution in [3.8, 4) is 0 Å². The van der Waals surface area contributed by atoms with Crippen molar-refractivity contribution in [1.82, 2.24) is 0 Å². The fourth-order valence-corrected chi connectivity index (χ4v) is 1.67. The maximum absolute atomic E-state index is 2.26. The van der Waals surface area contributed by atoms with Crippen LogP contribution in [0.5, 0.6) is 0 Å². The van der Waals surface area contributed by atoms with E-state index in [0.717, 1.165) is 6.42 Å². The first-order valence-corrected chi connectivity index (χ1v) is 6.54. The zero-order valence-corrected chi connectivity index (χ0v) is 10.9. The molecule has 0 aliphatic carbocycles. The zero-order chi connectivity index (χ0) is 11.3. The summed E-state index contributed by atoms with van der Waals surface area (Å²) in [5.41, 5.74) is 1.67. The van der Waals surface area contributed by atoms with Crippen LogP contribution in [0, 0.1) is 5.41 Å². The lowest BCUT2D eigenvalue weighted by Crippen LogP contribution is -2.01. The van der Waals surface area contributed by atoms with Crippen molar-refractivity contribution in [2.75, 3.05) is 6.26 Å². The molecule has 0 fully saturated rings. The summed E-state index contributed by atoms with van der Waals surface area (Å²) in [6.07, 6.45) is 7.69. The molecule has 0 amide bonds. The van der Waals surface area contributed by atoms with Gasteiger partial charge in [0.05, 0.1) is 0 Å². The van der Waals surface area contributed by atoms with Crippen LogP contribution in [0.15, 0.2) is 35.2 Å². The molecular formula is C14H20S. The topological polar surface area (TPSA) is 0 Å². The molecule has 0 nitrogen and oxygen atoms in total. The highest BCUT2D eigenvalue weighted by Crippen LogP contribution is 2.20. The van der Waals surface area contributed by atoms with E-state index < -0.39 is 0 Å². The van der Waals surface area contributed by atoms with Gasteiger partial charge in [-0.25, -0.2) is 0 Å². The van der Waals surface area contributed by atoms with E-state index in [1.165, 1.54) is 10.5 Å². The lowest BCUT2D eigenvalue weighted by Gasteiger charge is -2.14. The lowest BCUT2D eigenvalue weighted by molar-refractivity contribution is 0.421. The van der Waals surface area contributed by atoms with Gasteiger partial charge in [-0.15, -0.1) is 11.8 Å². The van der Waals surface area contributed by atoms with Crippen molar-refractivity contribution in [3.63, 3.8) is 0 Å². The Morgan fingerprint density at radius 3 is 2.20 bits per heavy atom. The summed E-state index contributed by atoms with van der Waals surface area (Å²) in [6.45, 7) is 6.77. The van der Waals surface area contributed by atoms with Crippen LogP contribution >= 0.6 is 11.8 Å². The molecule has 0 saturated heterocycles. The quantitative estimate of drug-likeness (QED) is 0.656. The van der Waals surface area contributed by atoms with Crippen LogP contribution in [0.1, 0.15) is 32.8 Å². The Hall–Kier alpha value is -0.690. The first kappa shape index (κ1) is 12.4. The zero-order valence-electron chi connectivity index (χ0n) is 10.1. The predicted octanol–water partition coefficient (Wildman–Crippen LogP) is 4.86. The number of hydrogen-bond donors (Lipinski definition) is 0. The molecule has 0 aliphatic heterocycles. The normalized spacial score (nSPS) is 12.3. The highest BCUT2D eigenvalue weighted by atomic mass is 32.2. The SMILES string of the molecule is CSc1ccc(/C=C/CC(C)(C)C)cc1. The Bertz CT molecular complexity index is 314. The second-order valence-electron chi connectivity index (χ2n) is 4.94. The van der Waals surface area contributed by atoms with E-state index in [1.54, 1.807) is 11.8 Å². The van der Waals surface area contributed by atoms with E-state index in [4.69, 9.17) is 0 Å². The maximum Gasteiger partial charge on any atom is 0.00695 e. The van der Waals surface area contributed by atoms with Crippen molar-refractivity contribution in [3.05, 3.63) is 35.9 Å². The minimum absolute atomic E-state index is 0.385. The van der Waals surface area contributed by atoms with Crippen LogP contribution in [0.4, 0.5) is 0 Å². The van der Waals surface area contributed by atoms with Gasteiger partial charge in [-0.2, -0.15) is 0 Å². The van der Waals surface area contributed by atoms with Gasteiger partial charge in [0.1, 0.15) is 0 Å². The summed E-state index contributed by atoms with van der Waals surface area (Å²) in [5, 5.41) is 0. The smallest absolute Gasteiger partial charge is 0.00695 e. The Morgan fingerprint density at radius 2 is 1.73 bits per heavy atom. The van der Waals surface area contributed by atoms with Crippen LogP contribution in [-0.4, -0.2) is 6.26 Å². The first-order valence-electron chi connectivity index (χ1n) is 5.32.